The molecule has 0 saturated carbocycles. The molecule has 1 aromatic heterocycles. The maximum absolute atomic E-state index is 10.6. The molecule has 0 aliphatic heterocycles. The first-order valence-electron chi connectivity index (χ1n) is 3.53. The van der Waals surface area contributed by atoms with E-state index in [4.69, 9.17) is 27.9 Å². The number of carbonyl (C=O) groups excluding carboxylic acids is 1. The van der Waals surface area contributed by atoms with E-state index in [1.807, 2.05) is 0 Å². The van der Waals surface area contributed by atoms with E-state index in [9.17, 15) is 4.79 Å². The fraction of sp³-hybridized carbons (Fsp3) is 0.250. The van der Waals surface area contributed by atoms with Crippen molar-refractivity contribution in [1.82, 2.24) is 4.98 Å². The van der Waals surface area contributed by atoms with Crippen LogP contribution in [0.2, 0.25) is 0 Å². The first-order valence-corrected chi connectivity index (χ1v) is 4.40. The Labute approximate surface area is 85.6 Å². The second-order valence-electron chi connectivity index (χ2n) is 2.30. The van der Waals surface area contributed by atoms with Gasteiger partial charge in [-0.3, -0.25) is 4.79 Å². The molecular formula is C8H7Cl2NO2. The Hall–Kier alpha value is -0.800. The number of aromatic nitrogens is 1. The van der Waals surface area contributed by atoms with Crippen LogP contribution in [0, 0.1) is 0 Å². The Morgan fingerprint density at radius 2 is 2.23 bits per heavy atom. The molecule has 0 saturated heterocycles. The lowest BCUT2D eigenvalue weighted by Crippen LogP contribution is -2.03. The maximum Gasteiger partial charge on any atom is 0.309 e. The van der Waals surface area contributed by atoms with Crippen LogP contribution in [0.25, 0.3) is 0 Å². The molecule has 0 aliphatic rings. The molecule has 0 unspecified atom stereocenters. The molecule has 0 aromatic carbocycles. The summed E-state index contributed by atoms with van der Waals surface area (Å²) in [5.74, 6) is -0.221. The third kappa shape index (κ3) is 3.20. The van der Waals surface area contributed by atoms with E-state index >= 15 is 0 Å². The number of ether oxygens (including phenoxy) is 1. The van der Waals surface area contributed by atoms with E-state index in [1.165, 1.54) is 6.92 Å². The summed E-state index contributed by atoms with van der Waals surface area (Å²) in [5, 5.41) is 0. The molecule has 0 fully saturated rings. The van der Waals surface area contributed by atoms with Gasteiger partial charge >= 0.3 is 5.97 Å². The molecule has 3 nitrogen and oxygen atoms in total. The number of hydrogen-bond acceptors (Lipinski definition) is 3. The molecule has 70 valence electrons. The van der Waals surface area contributed by atoms with Crippen LogP contribution < -0.4 is 4.74 Å². The fourth-order valence-electron chi connectivity index (χ4n) is 0.756. The number of hydrogen-bond donors (Lipinski definition) is 0. The fourth-order valence-corrected chi connectivity index (χ4v) is 0.999. The highest BCUT2D eigenvalue weighted by molar-refractivity contribution is 6.43. The van der Waals surface area contributed by atoms with Crippen LogP contribution in [0.4, 0.5) is 0 Å². The highest BCUT2D eigenvalue weighted by atomic mass is 35.5. The van der Waals surface area contributed by atoms with E-state index in [2.05, 4.69) is 4.98 Å². The summed E-state index contributed by atoms with van der Waals surface area (Å²) < 4.78 is 4.74. The molecule has 0 N–H and O–H groups in total. The van der Waals surface area contributed by atoms with Crippen molar-refractivity contribution >= 4 is 29.2 Å². The lowest BCUT2D eigenvalue weighted by Gasteiger charge is -2.03. The van der Waals surface area contributed by atoms with E-state index in [0.717, 1.165) is 0 Å². The standard InChI is InChI=1S/C8H7Cl2NO2/c1-5(12)13-7-4-2-3-6(11-7)8(9)10/h2-4,8H,1H3. The number of carbonyl (C=O) groups is 1. The van der Waals surface area contributed by atoms with Gasteiger partial charge in [0.15, 0.2) is 0 Å². The van der Waals surface area contributed by atoms with Crippen LogP contribution in [0.1, 0.15) is 17.5 Å². The zero-order valence-corrected chi connectivity index (χ0v) is 8.34. The first-order chi connectivity index (χ1) is 6.09. The molecule has 0 aliphatic carbocycles. The minimum Gasteiger partial charge on any atom is -0.408 e. The summed E-state index contributed by atoms with van der Waals surface area (Å²) in [4.78, 5) is 13.8. The number of alkyl halides is 2. The van der Waals surface area contributed by atoms with Gasteiger partial charge in [0.2, 0.25) is 5.88 Å². The zero-order chi connectivity index (χ0) is 9.84. The minimum atomic E-state index is -0.712. The lowest BCUT2D eigenvalue weighted by atomic mass is 10.4. The Morgan fingerprint density at radius 1 is 1.54 bits per heavy atom. The molecule has 1 rings (SSSR count). The Morgan fingerprint density at radius 3 is 2.77 bits per heavy atom. The second kappa shape index (κ2) is 4.44. The Bertz CT molecular complexity index is 315. The summed E-state index contributed by atoms with van der Waals surface area (Å²) in [6.07, 6.45) is 0. The van der Waals surface area contributed by atoms with Gasteiger partial charge in [-0.2, -0.15) is 0 Å². The number of rotatable bonds is 2. The van der Waals surface area contributed by atoms with Gasteiger partial charge in [-0.1, -0.05) is 29.3 Å². The molecule has 0 radical (unpaired) electrons. The largest absolute Gasteiger partial charge is 0.408 e. The molecule has 0 bridgehead atoms. The Balaban J connectivity index is 2.85. The van der Waals surface area contributed by atoms with Crippen LogP contribution in [0.3, 0.4) is 0 Å². The molecule has 0 amide bonds. The summed E-state index contributed by atoms with van der Waals surface area (Å²) in [6, 6.07) is 4.87. The predicted molar refractivity (Wildman–Crippen MR) is 50.0 cm³/mol. The van der Waals surface area contributed by atoms with Crippen molar-refractivity contribution in [1.29, 1.82) is 0 Å². The smallest absolute Gasteiger partial charge is 0.309 e. The lowest BCUT2D eigenvalue weighted by molar-refractivity contribution is -0.132. The van der Waals surface area contributed by atoms with Crippen LogP contribution >= 0.6 is 23.2 Å². The van der Waals surface area contributed by atoms with Crippen LogP contribution in [-0.2, 0) is 4.79 Å². The highest BCUT2D eigenvalue weighted by Crippen LogP contribution is 2.23. The van der Waals surface area contributed by atoms with Crippen molar-refractivity contribution in [3.63, 3.8) is 0 Å². The third-order valence-corrected chi connectivity index (χ3v) is 1.66. The molecular weight excluding hydrogens is 213 g/mol. The normalized spacial score (nSPS) is 10.2. The predicted octanol–water partition coefficient (Wildman–Crippen LogP) is 2.48. The minimum absolute atomic E-state index is 0.205. The molecule has 0 spiro atoms. The average Bonchev–Trinajstić information content (AvgIpc) is 2.03. The van der Waals surface area contributed by atoms with Gasteiger partial charge in [-0.05, 0) is 6.07 Å². The van der Waals surface area contributed by atoms with Gasteiger partial charge in [0, 0.05) is 13.0 Å². The van der Waals surface area contributed by atoms with Gasteiger partial charge in [0.25, 0.3) is 0 Å². The molecule has 0 atom stereocenters. The van der Waals surface area contributed by atoms with Gasteiger partial charge in [0.1, 0.15) is 4.84 Å². The summed E-state index contributed by atoms with van der Waals surface area (Å²) in [5.41, 5.74) is 0.460. The van der Waals surface area contributed by atoms with Gasteiger partial charge in [0.05, 0.1) is 5.69 Å². The average molecular weight is 220 g/mol. The van der Waals surface area contributed by atoms with Gasteiger partial charge < -0.3 is 4.74 Å². The zero-order valence-electron chi connectivity index (χ0n) is 6.83. The van der Waals surface area contributed by atoms with Crippen molar-refractivity contribution in [2.75, 3.05) is 0 Å². The van der Waals surface area contributed by atoms with Crippen molar-refractivity contribution < 1.29 is 9.53 Å². The maximum atomic E-state index is 10.6. The van der Waals surface area contributed by atoms with E-state index in [0.29, 0.717) is 5.69 Å². The summed E-state index contributed by atoms with van der Waals surface area (Å²) in [7, 11) is 0. The Kier molecular flexibility index (Phi) is 3.51. The van der Waals surface area contributed by atoms with Crippen molar-refractivity contribution in [2.24, 2.45) is 0 Å². The second-order valence-corrected chi connectivity index (χ2v) is 3.39. The van der Waals surface area contributed by atoms with Crippen LogP contribution in [0.5, 0.6) is 5.88 Å². The van der Waals surface area contributed by atoms with Crippen molar-refractivity contribution in [2.45, 2.75) is 11.8 Å². The molecule has 5 heteroatoms. The van der Waals surface area contributed by atoms with Crippen LogP contribution in [-0.4, -0.2) is 11.0 Å². The number of esters is 1. The molecule has 1 aromatic rings. The van der Waals surface area contributed by atoms with E-state index < -0.39 is 10.8 Å². The monoisotopic (exact) mass is 219 g/mol. The number of nitrogens with zero attached hydrogens (tertiary/aromatic N) is 1. The first kappa shape index (κ1) is 10.3. The highest BCUT2D eigenvalue weighted by Gasteiger charge is 2.06. The summed E-state index contributed by atoms with van der Waals surface area (Å²) >= 11 is 11.1. The van der Waals surface area contributed by atoms with E-state index in [1.54, 1.807) is 18.2 Å². The van der Waals surface area contributed by atoms with Crippen molar-refractivity contribution in [3.8, 4) is 5.88 Å². The van der Waals surface area contributed by atoms with Crippen molar-refractivity contribution in [3.05, 3.63) is 23.9 Å². The molecule has 13 heavy (non-hydrogen) atoms. The van der Waals surface area contributed by atoms with Crippen LogP contribution in [0.15, 0.2) is 18.2 Å². The van der Waals surface area contributed by atoms with Gasteiger partial charge in [-0.25, -0.2) is 4.98 Å². The topological polar surface area (TPSA) is 39.2 Å². The molecule has 1 heterocycles. The SMILES string of the molecule is CC(=O)Oc1cccc(C(Cl)Cl)n1. The van der Waals surface area contributed by atoms with Gasteiger partial charge in [-0.15, -0.1) is 0 Å². The number of halogens is 2. The number of pyridine rings is 1. The van der Waals surface area contributed by atoms with E-state index in [-0.39, 0.29) is 5.88 Å². The third-order valence-electron chi connectivity index (χ3n) is 1.22. The summed E-state index contributed by atoms with van der Waals surface area (Å²) in [6.45, 7) is 1.30. The quantitative estimate of drug-likeness (QED) is 0.567.